The largest absolute Gasteiger partial charge is 0.468 e. The second-order valence-electron chi connectivity index (χ2n) is 17.7. The molecule has 0 radical (unpaired) electrons. The number of esters is 1. The molecule has 2 aliphatic rings. The lowest BCUT2D eigenvalue weighted by Gasteiger charge is -2.63. The van der Waals surface area contributed by atoms with Crippen LogP contribution in [0.1, 0.15) is 51.2 Å². The van der Waals surface area contributed by atoms with Crippen molar-refractivity contribution >= 4 is 22.4 Å². The van der Waals surface area contributed by atoms with Gasteiger partial charge in [0, 0.05) is 32.4 Å². The van der Waals surface area contributed by atoms with E-state index in [2.05, 4.69) is 53.5 Å². The van der Waals surface area contributed by atoms with E-state index in [1.807, 2.05) is 60.7 Å². The molecule has 52 heavy (non-hydrogen) atoms. The Kier molecular flexibility index (Phi) is 14.9. The van der Waals surface area contributed by atoms with E-state index < -0.39 is 57.2 Å². The Bertz CT molecular complexity index is 1380. The maximum atomic E-state index is 14.3. The number of benzene rings is 2. The van der Waals surface area contributed by atoms with Gasteiger partial charge in [0.05, 0.1) is 58.5 Å². The average molecular weight is 759 g/mol. The lowest BCUT2D eigenvalue weighted by Crippen LogP contribution is -2.71. The summed E-state index contributed by atoms with van der Waals surface area (Å²) in [5, 5.41) is 24.3. The number of aliphatic hydroxyl groups excluding tert-OH is 2. The lowest BCUT2D eigenvalue weighted by molar-refractivity contribution is -0.274. The Balaban J connectivity index is 1.78. The zero-order valence-corrected chi connectivity index (χ0v) is 35.2. The topological polar surface area (TPSA) is 113 Å². The molecule has 7 atom stereocenters. The molecule has 0 aliphatic heterocycles. The molecule has 2 aromatic carbocycles. The molecule has 4 rings (SSSR count). The number of carbonyl (C=O) groups excluding carboxylic acids is 1. The van der Waals surface area contributed by atoms with Crippen LogP contribution in [0.15, 0.2) is 60.7 Å². The molecular weight excluding hydrogens is 693 g/mol. The number of ether oxygens (including phenoxy) is 5. The maximum absolute atomic E-state index is 14.3. The summed E-state index contributed by atoms with van der Waals surface area (Å²) < 4.78 is 38.1. The summed E-state index contributed by atoms with van der Waals surface area (Å²) in [5.74, 6) is -1.50. The van der Waals surface area contributed by atoms with E-state index in [0.717, 1.165) is 17.2 Å². The number of aliphatic hydroxyl groups is 2. The maximum Gasteiger partial charge on any atom is 0.317 e. The van der Waals surface area contributed by atoms with Gasteiger partial charge in [-0.2, -0.15) is 0 Å². The van der Waals surface area contributed by atoms with Gasteiger partial charge in [0.25, 0.3) is 0 Å². The second kappa shape index (κ2) is 18.1. The molecule has 0 amide bonds. The minimum atomic E-state index is -2.40. The van der Waals surface area contributed by atoms with Gasteiger partial charge in [-0.25, -0.2) is 0 Å². The van der Waals surface area contributed by atoms with Gasteiger partial charge in [-0.3, -0.25) is 4.79 Å². The molecule has 0 bridgehead atoms. The first-order valence-corrected chi connectivity index (χ1v) is 25.6. The van der Waals surface area contributed by atoms with Crippen LogP contribution in [0.25, 0.3) is 0 Å². The molecule has 0 aromatic heterocycles. The van der Waals surface area contributed by atoms with E-state index in [-0.39, 0.29) is 44.2 Å². The highest BCUT2D eigenvalue weighted by Crippen LogP contribution is 2.62. The van der Waals surface area contributed by atoms with Crippen molar-refractivity contribution in [1.82, 2.24) is 0 Å². The van der Waals surface area contributed by atoms with Crippen LogP contribution in [0, 0.1) is 22.7 Å². The predicted molar refractivity (Wildman–Crippen MR) is 209 cm³/mol. The van der Waals surface area contributed by atoms with Gasteiger partial charge in [-0.05, 0) is 54.1 Å². The summed E-state index contributed by atoms with van der Waals surface area (Å²) in [4.78, 5) is 14.3. The lowest BCUT2D eigenvalue weighted by atomic mass is 9.44. The fraction of sp³-hybridized carbons (Fsp3) is 0.683. The zero-order valence-electron chi connectivity index (χ0n) is 33.2. The normalized spacial score (nSPS) is 28.3. The van der Waals surface area contributed by atoms with Gasteiger partial charge in [-0.1, -0.05) is 101 Å². The predicted octanol–water partition coefficient (Wildman–Crippen LogP) is 7.44. The summed E-state index contributed by atoms with van der Waals surface area (Å²) >= 11 is 0. The SMILES string of the molecule is COC(=O)[C@]1(CO[Si](C)(C)C(C)(C)C)C2CC[C@@H](OCc3ccccc3)[C@H](COCc3ccccc3)[C@@]2(COCOCC[Si](C)(C)C)[C@@H](O)C[C@H]1O. The van der Waals surface area contributed by atoms with Crippen molar-refractivity contribution in [3.05, 3.63) is 71.8 Å². The molecule has 2 aliphatic carbocycles. The van der Waals surface area contributed by atoms with Gasteiger partial charge >= 0.3 is 5.97 Å². The van der Waals surface area contributed by atoms with Crippen molar-refractivity contribution in [2.75, 3.05) is 40.3 Å². The molecule has 2 N–H and O–H groups in total. The van der Waals surface area contributed by atoms with Crippen LogP contribution in [0.2, 0.25) is 43.8 Å². The van der Waals surface area contributed by atoms with E-state index in [4.69, 9.17) is 28.1 Å². The third-order valence-electron chi connectivity index (χ3n) is 12.1. The molecular formula is C41H66O9Si2. The van der Waals surface area contributed by atoms with Crippen LogP contribution in [-0.2, 0) is 46.1 Å². The van der Waals surface area contributed by atoms with Crippen LogP contribution >= 0.6 is 0 Å². The van der Waals surface area contributed by atoms with Crippen molar-refractivity contribution < 1.29 is 43.1 Å². The number of fused-ring (bicyclic) bond motifs is 1. The standard InChI is InChI=1S/C41H66O9Si2/c1-39(2,3)52(8,9)50-29-41(38(44)45-4)35-21-20-34(49-26-32-18-14-11-15-19-32)33(27-47-25-31-16-12-10-13-17-31)40(35,36(42)24-37(41)43)28-48-30-46-22-23-51(5,6)7/h10-19,33-37,42-43H,20-30H2,1-9H3/t33-,34+,35?,36-,37+,40+,41+/m0/s1. The average Bonchev–Trinajstić information content (AvgIpc) is 3.09. The first-order valence-electron chi connectivity index (χ1n) is 19.0. The molecule has 0 spiro atoms. The van der Waals surface area contributed by atoms with E-state index in [1.165, 1.54) is 7.11 Å². The van der Waals surface area contributed by atoms with Crippen molar-refractivity contribution in [2.24, 2.45) is 22.7 Å². The van der Waals surface area contributed by atoms with Crippen LogP contribution in [0.3, 0.4) is 0 Å². The minimum Gasteiger partial charge on any atom is -0.468 e. The van der Waals surface area contributed by atoms with Crippen molar-refractivity contribution in [2.45, 2.75) is 115 Å². The number of rotatable bonds is 18. The van der Waals surface area contributed by atoms with Crippen molar-refractivity contribution in [3.8, 4) is 0 Å². The quantitative estimate of drug-likeness (QED) is 0.0694. The van der Waals surface area contributed by atoms with Crippen LogP contribution in [-0.4, -0.2) is 91.2 Å². The summed E-state index contributed by atoms with van der Waals surface area (Å²) in [7, 11) is -2.34. The monoisotopic (exact) mass is 758 g/mol. The summed E-state index contributed by atoms with van der Waals surface area (Å²) in [6, 6.07) is 21.0. The van der Waals surface area contributed by atoms with E-state index >= 15 is 0 Å². The highest BCUT2D eigenvalue weighted by molar-refractivity contribution is 6.76. The second-order valence-corrected chi connectivity index (χ2v) is 28.1. The fourth-order valence-corrected chi connectivity index (χ4v) is 9.66. The van der Waals surface area contributed by atoms with Crippen molar-refractivity contribution in [1.29, 1.82) is 0 Å². The van der Waals surface area contributed by atoms with Gasteiger partial charge in [0.1, 0.15) is 12.2 Å². The van der Waals surface area contributed by atoms with Gasteiger partial charge in [-0.15, -0.1) is 0 Å². The highest BCUT2D eigenvalue weighted by Gasteiger charge is 2.70. The zero-order chi connectivity index (χ0) is 38.2. The van der Waals surface area contributed by atoms with Crippen molar-refractivity contribution in [3.63, 3.8) is 0 Å². The molecule has 2 aromatic rings. The Hall–Kier alpha value is -1.94. The molecule has 2 fully saturated rings. The van der Waals surface area contributed by atoms with E-state index in [9.17, 15) is 15.0 Å². The third-order valence-corrected chi connectivity index (χ3v) is 18.3. The van der Waals surface area contributed by atoms with Gasteiger partial charge in [0.2, 0.25) is 0 Å². The van der Waals surface area contributed by atoms with Crippen LogP contribution < -0.4 is 0 Å². The molecule has 2 saturated carbocycles. The van der Waals surface area contributed by atoms with Gasteiger partial charge < -0.3 is 38.3 Å². The summed E-state index contributed by atoms with van der Waals surface area (Å²) in [6.07, 6.45) is -1.54. The number of hydrogen-bond acceptors (Lipinski definition) is 9. The molecule has 9 nitrogen and oxygen atoms in total. The first-order chi connectivity index (χ1) is 24.5. The fourth-order valence-electron chi connectivity index (χ4n) is 7.87. The smallest absolute Gasteiger partial charge is 0.317 e. The number of methoxy groups -OCH3 is 1. The Morgan fingerprint density at radius 2 is 1.44 bits per heavy atom. The molecule has 0 saturated heterocycles. The summed E-state index contributed by atoms with van der Waals surface area (Å²) in [6.45, 7) is 19.4. The summed E-state index contributed by atoms with van der Waals surface area (Å²) in [5.41, 5.74) is -0.444. The molecule has 0 heterocycles. The Labute approximate surface area is 314 Å². The molecule has 292 valence electrons. The van der Waals surface area contributed by atoms with Gasteiger partial charge in [0.15, 0.2) is 8.32 Å². The van der Waals surface area contributed by atoms with Crippen LogP contribution in [0.5, 0.6) is 0 Å². The van der Waals surface area contributed by atoms with E-state index in [1.54, 1.807) is 0 Å². The molecule has 11 heteroatoms. The number of hydrogen-bond donors (Lipinski definition) is 2. The first kappa shape index (κ1) is 42.8. The highest BCUT2D eigenvalue weighted by atomic mass is 28.4. The minimum absolute atomic E-state index is 0.0175. The Morgan fingerprint density at radius 3 is 2.02 bits per heavy atom. The number of carbonyl (C=O) groups is 1. The van der Waals surface area contributed by atoms with Crippen LogP contribution in [0.4, 0.5) is 0 Å². The molecule has 1 unspecified atom stereocenters. The van der Waals surface area contributed by atoms with E-state index in [0.29, 0.717) is 32.7 Å². The third kappa shape index (κ3) is 10.0. The Morgan fingerprint density at radius 1 is 0.827 bits per heavy atom.